The van der Waals surface area contributed by atoms with Crippen LogP contribution in [0.4, 0.5) is 10.5 Å². The van der Waals surface area contributed by atoms with E-state index in [1.807, 2.05) is 37.4 Å². The smallest absolute Gasteiger partial charge is 0.315 e. The predicted octanol–water partition coefficient (Wildman–Crippen LogP) is 2.51. The van der Waals surface area contributed by atoms with E-state index in [0.29, 0.717) is 13.0 Å². The molecule has 0 spiro atoms. The summed E-state index contributed by atoms with van der Waals surface area (Å²) in [7, 11) is 0. The molecule has 1 aliphatic rings. The number of carbonyl (C=O) groups is 2. The Kier molecular flexibility index (Phi) is 4.29. The maximum absolute atomic E-state index is 12.0. The second kappa shape index (κ2) is 6.37. The van der Waals surface area contributed by atoms with E-state index in [1.165, 1.54) is 11.3 Å². The van der Waals surface area contributed by atoms with Crippen LogP contribution in [0.3, 0.4) is 0 Å². The van der Waals surface area contributed by atoms with Gasteiger partial charge in [0.25, 0.3) is 0 Å². The van der Waals surface area contributed by atoms with Gasteiger partial charge in [-0.3, -0.25) is 4.79 Å². The molecule has 0 saturated heterocycles. The Hall–Kier alpha value is -2.41. The third-order valence-electron chi connectivity index (χ3n) is 3.67. The van der Waals surface area contributed by atoms with E-state index >= 15 is 0 Å². The first kappa shape index (κ1) is 15.5. The topological polar surface area (TPSA) is 83.1 Å². The van der Waals surface area contributed by atoms with Crippen molar-refractivity contribution in [2.24, 2.45) is 0 Å². The first-order valence-corrected chi connectivity index (χ1v) is 8.27. The van der Waals surface area contributed by atoms with Gasteiger partial charge in [0.1, 0.15) is 5.01 Å². The zero-order chi connectivity index (χ0) is 16.4. The summed E-state index contributed by atoms with van der Waals surface area (Å²) in [5.41, 5.74) is 3.76. The second-order valence-electron chi connectivity index (χ2n) is 5.57. The standard InChI is InChI=1S/C16H18N4O2S/c1-9-8-23-15(18-9)7-17-16(22)19-10(2)11-3-4-13-12(5-11)6-14(21)20-13/h3-5,8,10H,6-7H2,1-2H3,(H,20,21)(H2,17,19,22)/t10-/m1/s1. The van der Waals surface area contributed by atoms with E-state index < -0.39 is 0 Å². The summed E-state index contributed by atoms with van der Waals surface area (Å²) < 4.78 is 0. The summed E-state index contributed by atoms with van der Waals surface area (Å²) in [4.78, 5) is 27.7. The minimum absolute atomic E-state index is 0.00856. The van der Waals surface area contributed by atoms with Crippen LogP contribution in [0, 0.1) is 6.92 Å². The number of hydrogen-bond acceptors (Lipinski definition) is 4. The van der Waals surface area contributed by atoms with Gasteiger partial charge < -0.3 is 16.0 Å². The average Bonchev–Trinajstić information content (AvgIpc) is 3.08. The van der Waals surface area contributed by atoms with Crippen molar-refractivity contribution in [2.75, 3.05) is 5.32 Å². The number of anilines is 1. The Morgan fingerprint density at radius 3 is 3.04 bits per heavy atom. The van der Waals surface area contributed by atoms with Crippen LogP contribution in [0.2, 0.25) is 0 Å². The fourth-order valence-corrected chi connectivity index (χ4v) is 3.20. The van der Waals surface area contributed by atoms with Crippen molar-refractivity contribution < 1.29 is 9.59 Å². The number of nitrogens with zero attached hydrogens (tertiary/aromatic N) is 1. The van der Waals surface area contributed by atoms with E-state index in [-0.39, 0.29) is 18.0 Å². The Morgan fingerprint density at radius 1 is 1.48 bits per heavy atom. The number of thiazole rings is 1. The van der Waals surface area contributed by atoms with Gasteiger partial charge in [-0.1, -0.05) is 12.1 Å². The molecule has 0 unspecified atom stereocenters. The first-order chi connectivity index (χ1) is 11.0. The Bertz CT molecular complexity index is 756. The van der Waals surface area contributed by atoms with Crippen LogP contribution < -0.4 is 16.0 Å². The lowest BCUT2D eigenvalue weighted by Gasteiger charge is -2.15. The number of aryl methyl sites for hydroxylation is 1. The van der Waals surface area contributed by atoms with E-state index in [4.69, 9.17) is 0 Å². The molecule has 0 aliphatic carbocycles. The number of rotatable bonds is 4. The lowest BCUT2D eigenvalue weighted by atomic mass is 10.0. The molecule has 0 fully saturated rings. The lowest BCUT2D eigenvalue weighted by molar-refractivity contribution is -0.115. The van der Waals surface area contributed by atoms with E-state index in [0.717, 1.165) is 27.5 Å². The Balaban J connectivity index is 1.56. The second-order valence-corrected chi connectivity index (χ2v) is 6.52. The summed E-state index contributed by atoms with van der Waals surface area (Å²) in [6.45, 7) is 4.26. The number of carbonyl (C=O) groups excluding carboxylic acids is 2. The molecule has 23 heavy (non-hydrogen) atoms. The van der Waals surface area contributed by atoms with Gasteiger partial charge in [-0.25, -0.2) is 9.78 Å². The fraction of sp³-hybridized carbons (Fsp3) is 0.312. The highest BCUT2D eigenvalue weighted by Crippen LogP contribution is 2.26. The summed E-state index contributed by atoms with van der Waals surface area (Å²) in [5, 5.41) is 11.3. The molecule has 1 atom stereocenters. The van der Waals surface area contributed by atoms with Crippen molar-refractivity contribution >= 4 is 29.0 Å². The minimum Gasteiger partial charge on any atom is -0.332 e. The quantitative estimate of drug-likeness (QED) is 0.805. The highest BCUT2D eigenvalue weighted by Gasteiger charge is 2.19. The molecule has 0 radical (unpaired) electrons. The third kappa shape index (κ3) is 3.68. The Labute approximate surface area is 138 Å². The van der Waals surface area contributed by atoms with Crippen molar-refractivity contribution in [3.05, 3.63) is 45.4 Å². The molecule has 6 nitrogen and oxygen atoms in total. The van der Waals surface area contributed by atoms with Crippen molar-refractivity contribution in [3.8, 4) is 0 Å². The van der Waals surface area contributed by atoms with Crippen LogP contribution >= 0.6 is 11.3 Å². The molecule has 3 rings (SSSR count). The minimum atomic E-state index is -0.236. The molecule has 2 aromatic rings. The van der Waals surface area contributed by atoms with Crippen molar-refractivity contribution in [1.82, 2.24) is 15.6 Å². The van der Waals surface area contributed by atoms with Crippen molar-refractivity contribution in [1.29, 1.82) is 0 Å². The van der Waals surface area contributed by atoms with Gasteiger partial charge in [-0.05, 0) is 31.0 Å². The van der Waals surface area contributed by atoms with Gasteiger partial charge >= 0.3 is 6.03 Å². The molecule has 1 aromatic heterocycles. The van der Waals surface area contributed by atoms with Crippen LogP contribution in [0.1, 0.15) is 34.8 Å². The fourth-order valence-electron chi connectivity index (χ4n) is 2.49. The summed E-state index contributed by atoms with van der Waals surface area (Å²) >= 11 is 1.53. The molecular weight excluding hydrogens is 312 g/mol. The number of nitrogens with one attached hydrogen (secondary N) is 3. The van der Waals surface area contributed by atoms with Gasteiger partial charge in [0.15, 0.2) is 0 Å². The largest absolute Gasteiger partial charge is 0.332 e. The van der Waals surface area contributed by atoms with Crippen LogP contribution in [0.25, 0.3) is 0 Å². The zero-order valence-corrected chi connectivity index (χ0v) is 13.8. The summed E-state index contributed by atoms with van der Waals surface area (Å²) in [6, 6.07) is 5.38. The number of hydrogen-bond donors (Lipinski definition) is 3. The molecule has 2 heterocycles. The molecule has 1 aliphatic heterocycles. The monoisotopic (exact) mass is 330 g/mol. The molecular formula is C16H18N4O2S. The summed E-state index contributed by atoms with van der Waals surface area (Å²) in [5.74, 6) is 0.00856. The maximum Gasteiger partial charge on any atom is 0.315 e. The SMILES string of the molecule is Cc1csc(CNC(=O)N[C@H](C)c2ccc3c(c2)CC(=O)N3)n1. The first-order valence-electron chi connectivity index (χ1n) is 7.39. The number of benzene rings is 1. The number of fused-ring (bicyclic) bond motifs is 1. The average molecular weight is 330 g/mol. The van der Waals surface area contributed by atoms with E-state index in [1.54, 1.807) is 0 Å². The number of amides is 3. The zero-order valence-electron chi connectivity index (χ0n) is 13.0. The molecule has 1 aromatic carbocycles. The molecule has 0 saturated carbocycles. The lowest BCUT2D eigenvalue weighted by Crippen LogP contribution is -2.36. The molecule has 0 bridgehead atoms. The Morgan fingerprint density at radius 2 is 2.30 bits per heavy atom. The summed E-state index contributed by atoms with van der Waals surface area (Å²) in [6.07, 6.45) is 0.394. The third-order valence-corrected chi connectivity index (χ3v) is 4.64. The highest BCUT2D eigenvalue weighted by molar-refractivity contribution is 7.09. The van der Waals surface area contributed by atoms with Gasteiger partial charge in [0.05, 0.1) is 19.0 Å². The van der Waals surface area contributed by atoms with Gasteiger partial charge in [0, 0.05) is 16.8 Å². The number of urea groups is 1. The molecule has 3 N–H and O–H groups in total. The van der Waals surface area contributed by atoms with Crippen LogP contribution in [-0.4, -0.2) is 16.9 Å². The maximum atomic E-state index is 12.0. The van der Waals surface area contributed by atoms with Crippen molar-refractivity contribution in [3.63, 3.8) is 0 Å². The molecule has 7 heteroatoms. The molecule has 3 amide bonds. The predicted molar refractivity (Wildman–Crippen MR) is 89.4 cm³/mol. The van der Waals surface area contributed by atoms with Gasteiger partial charge in [-0.2, -0.15) is 0 Å². The van der Waals surface area contributed by atoms with E-state index in [2.05, 4.69) is 20.9 Å². The van der Waals surface area contributed by atoms with Gasteiger partial charge in [-0.15, -0.1) is 11.3 Å². The number of aromatic nitrogens is 1. The normalized spacial score (nSPS) is 14.1. The van der Waals surface area contributed by atoms with E-state index in [9.17, 15) is 9.59 Å². The molecule has 120 valence electrons. The van der Waals surface area contributed by atoms with Crippen LogP contribution in [0.15, 0.2) is 23.6 Å². The highest BCUT2D eigenvalue weighted by atomic mass is 32.1. The van der Waals surface area contributed by atoms with Crippen LogP contribution in [-0.2, 0) is 17.8 Å². The van der Waals surface area contributed by atoms with Crippen molar-refractivity contribution in [2.45, 2.75) is 32.9 Å². The van der Waals surface area contributed by atoms with Crippen LogP contribution in [0.5, 0.6) is 0 Å². The van der Waals surface area contributed by atoms with Gasteiger partial charge in [0.2, 0.25) is 5.91 Å².